The van der Waals surface area contributed by atoms with Crippen molar-refractivity contribution >= 4 is 11.6 Å². The van der Waals surface area contributed by atoms with E-state index in [2.05, 4.69) is 20.3 Å². The normalized spacial score (nSPS) is 12.6. The average molecular weight is 399 g/mol. The van der Waals surface area contributed by atoms with Gasteiger partial charge in [0.25, 0.3) is 5.91 Å². The van der Waals surface area contributed by atoms with E-state index in [1.54, 1.807) is 25.7 Å². The minimum atomic E-state index is -0.168. The lowest BCUT2D eigenvalue weighted by Gasteiger charge is -2.07. The summed E-state index contributed by atoms with van der Waals surface area (Å²) in [6.45, 7) is 0. The van der Waals surface area contributed by atoms with Crippen molar-refractivity contribution in [3.05, 3.63) is 71.9 Å². The number of hydrogen-bond donors (Lipinski definition) is 3. The van der Waals surface area contributed by atoms with E-state index < -0.39 is 0 Å². The van der Waals surface area contributed by atoms with Crippen LogP contribution in [0.25, 0.3) is 22.6 Å². The van der Waals surface area contributed by atoms with E-state index in [1.165, 1.54) is 0 Å². The average Bonchev–Trinajstić information content (AvgIpc) is 3.35. The molecule has 3 N–H and O–H groups in total. The number of nitrogens with zero attached hydrogens (tertiary/aromatic N) is 2. The van der Waals surface area contributed by atoms with Crippen molar-refractivity contribution in [1.29, 1.82) is 0 Å². The number of imidazole rings is 1. The molecule has 7 nitrogen and oxygen atoms in total. The summed E-state index contributed by atoms with van der Waals surface area (Å²) in [5.74, 6) is 1.37. The zero-order chi connectivity index (χ0) is 20.5. The molecule has 0 atom stereocenters. The Bertz CT molecular complexity index is 1190. The predicted octanol–water partition coefficient (Wildman–Crippen LogP) is 4.22. The number of aromatic nitrogens is 4. The highest BCUT2D eigenvalue weighted by molar-refractivity contribution is 6.09. The number of aromatic amines is 2. The van der Waals surface area contributed by atoms with Crippen LogP contribution in [0.5, 0.6) is 5.75 Å². The lowest BCUT2D eigenvalue weighted by atomic mass is 10.1. The first-order valence-electron chi connectivity index (χ1n) is 9.88. The van der Waals surface area contributed by atoms with E-state index in [-0.39, 0.29) is 5.91 Å². The van der Waals surface area contributed by atoms with Crippen LogP contribution < -0.4 is 10.1 Å². The SMILES string of the molecule is COc1ccc(NC(=O)c2c[nH]c3c2-c2nc(-c4ccncc4)[nH]c2CCC3)cc1. The molecule has 1 aliphatic carbocycles. The van der Waals surface area contributed by atoms with Gasteiger partial charge in [-0.25, -0.2) is 4.98 Å². The molecule has 0 spiro atoms. The molecule has 7 heteroatoms. The molecule has 1 aliphatic rings. The Morgan fingerprint density at radius 1 is 1.07 bits per heavy atom. The molecule has 3 aromatic heterocycles. The van der Waals surface area contributed by atoms with Crippen LogP contribution in [0.4, 0.5) is 5.69 Å². The van der Waals surface area contributed by atoms with Crippen LogP contribution in [0.3, 0.4) is 0 Å². The topological polar surface area (TPSA) is 95.7 Å². The molecule has 3 heterocycles. The molecular weight excluding hydrogens is 378 g/mol. The zero-order valence-electron chi connectivity index (χ0n) is 16.5. The number of pyridine rings is 1. The monoisotopic (exact) mass is 399 g/mol. The third-order valence-corrected chi connectivity index (χ3v) is 5.38. The second-order valence-corrected chi connectivity index (χ2v) is 7.24. The number of fused-ring (bicyclic) bond motifs is 3. The van der Waals surface area contributed by atoms with Gasteiger partial charge in [-0.05, 0) is 55.7 Å². The molecule has 0 saturated heterocycles. The Hall–Kier alpha value is -3.87. The highest BCUT2D eigenvalue weighted by Crippen LogP contribution is 2.35. The second-order valence-electron chi connectivity index (χ2n) is 7.24. The summed E-state index contributed by atoms with van der Waals surface area (Å²) in [7, 11) is 1.62. The number of methoxy groups -OCH3 is 1. The summed E-state index contributed by atoms with van der Waals surface area (Å²) in [6, 6.07) is 11.1. The smallest absolute Gasteiger partial charge is 0.257 e. The fraction of sp³-hybridized carbons (Fsp3) is 0.174. The van der Waals surface area contributed by atoms with Crippen molar-refractivity contribution in [2.75, 3.05) is 12.4 Å². The standard InChI is InChI=1S/C23H21N5O2/c1-30-16-7-5-15(6-8-16)26-23(29)17-13-25-18-3-2-4-19-21(20(17)18)28-22(27-19)14-9-11-24-12-10-14/h5-13,25H,2-4H2,1H3,(H,26,29)(H,27,28). The van der Waals surface area contributed by atoms with Crippen molar-refractivity contribution in [3.8, 4) is 28.4 Å². The maximum Gasteiger partial charge on any atom is 0.257 e. The highest BCUT2D eigenvalue weighted by Gasteiger charge is 2.26. The molecule has 0 saturated carbocycles. The van der Waals surface area contributed by atoms with Gasteiger partial charge in [-0.2, -0.15) is 0 Å². The Labute approximate surface area is 173 Å². The van der Waals surface area contributed by atoms with Crippen LogP contribution in [-0.4, -0.2) is 33.0 Å². The van der Waals surface area contributed by atoms with Gasteiger partial charge in [0.15, 0.2) is 0 Å². The molecule has 0 bridgehead atoms. The molecule has 5 rings (SSSR count). The number of hydrogen-bond acceptors (Lipinski definition) is 4. The number of aryl methyl sites for hydroxylation is 2. The van der Waals surface area contributed by atoms with Crippen molar-refractivity contribution < 1.29 is 9.53 Å². The van der Waals surface area contributed by atoms with Crippen LogP contribution in [0.15, 0.2) is 55.0 Å². The van der Waals surface area contributed by atoms with E-state index in [0.29, 0.717) is 11.3 Å². The fourth-order valence-electron chi connectivity index (χ4n) is 3.87. The Balaban J connectivity index is 1.51. The fourth-order valence-corrected chi connectivity index (χ4v) is 3.87. The maximum absolute atomic E-state index is 13.1. The van der Waals surface area contributed by atoms with Gasteiger partial charge in [-0.1, -0.05) is 0 Å². The Morgan fingerprint density at radius 2 is 1.83 bits per heavy atom. The molecule has 0 radical (unpaired) electrons. The van der Waals surface area contributed by atoms with Gasteiger partial charge in [0.05, 0.1) is 18.4 Å². The number of anilines is 1. The van der Waals surface area contributed by atoms with E-state index in [1.807, 2.05) is 36.4 Å². The van der Waals surface area contributed by atoms with Crippen LogP contribution in [-0.2, 0) is 12.8 Å². The minimum absolute atomic E-state index is 0.168. The van der Waals surface area contributed by atoms with Gasteiger partial charge in [0, 0.05) is 46.8 Å². The Kier molecular flexibility index (Phi) is 4.55. The van der Waals surface area contributed by atoms with Gasteiger partial charge >= 0.3 is 0 Å². The molecule has 30 heavy (non-hydrogen) atoms. The summed E-state index contributed by atoms with van der Waals surface area (Å²) in [4.78, 5) is 28.8. The molecule has 4 aromatic rings. The van der Waals surface area contributed by atoms with Crippen molar-refractivity contribution in [3.63, 3.8) is 0 Å². The van der Waals surface area contributed by atoms with Gasteiger partial charge in [0.2, 0.25) is 0 Å². The predicted molar refractivity (Wildman–Crippen MR) is 115 cm³/mol. The number of rotatable bonds is 4. The summed E-state index contributed by atoms with van der Waals surface area (Å²) in [5, 5.41) is 2.97. The van der Waals surface area contributed by atoms with Crippen LogP contribution in [0.2, 0.25) is 0 Å². The number of benzene rings is 1. The molecular formula is C23H21N5O2. The second kappa shape index (κ2) is 7.51. The Morgan fingerprint density at radius 3 is 2.60 bits per heavy atom. The van der Waals surface area contributed by atoms with E-state index >= 15 is 0 Å². The molecule has 150 valence electrons. The first kappa shape index (κ1) is 18.2. The van der Waals surface area contributed by atoms with Gasteiger partial charge in [-0.3, -0.25) is 9.78 Å². The van der Waals surface area contributed by atoms with E-state index in [0.717, 1.165) is 59.0 Å². The van der Waals surface area contributed by atoms with E-state index in [9.17, 15) is 4.79 Å². The third kappa shape index (κ3) is 3.24. The number of carbonyl (C=O) groups is 1. The third-order valence-electron chi connectivity index (χ3n) is 5.38. The quantitative estimate of drug-likeness (QED) is 0.479. The molecule has 1 amide bonds. The molecule has 1 aromatic carbocycles. The number of carbonyl (C=O) groups excluding carboxylic acids is 1. The number of nitrogens with one attached hydrogen (secondary N) is 3. The molecule has 0 unspecified atom stereocenters. The summed E-state index contributed by atoms with van der Waals surface area (Å²) in [6.07, 6.45) is 8.02. The first-order valence-corrected chi connectivity index (χ1v) is 9.88. The number of ether oxygens (including phenoxy) is 1. The zero-order valence-corrected chi connectivity index (χ0v) is 16.5. The largest absolute Gasteiger partial charge is 0.497 e. The summed E-state index contributed by atoms with van der Waals surface area (Å²) >= 11 is 0. The van der Waals surface area contributed by atoms with Gasteiger partial charge in [0.1, 0.15) is 11.6 Å². The molecule has 0 fully saturated rings. The number of H-pyrrole nitrogens is 2. The van der Waals surface area contributed by atoms with Crippen molar-refractivity contribution in [2.45, 2.75) is 19.3 Å². The molecule has 0 aliphatic heterocycles. The van der Waals surface area contributed by atoms with Gasteiger partial charge in [-0.15, -0.1) is 0 Å². The highest BCUT2D eigenvalue weighted by atomic mass is 16.5. The van der Waals surface area contributed by atoms with Crippen molar-refractivity contribution in [2.24, 2.45) is 0 Å². The summed E-state index contributed by atoms with van der Waals surface area (Å²) < 4.78 is 5.18. The number of amides is 1. The van der Waals surface area contributed by atoms with Crippen LogP contribution in [0.1, 0.15) is 28.2 Å². The maximum atomic E-state index is 13.1. The lowest BCUT2D eigenvalue weighted by molar-refractivity contribution is 0.102. The van der Waals surface area contributed by atoms with Crippen LogP contribution >= 0.6 is 0 Å². The minimum Gasteiger partial charge on any atom is -0.497 e. The van der Waals surface area contributed by atoms with Gasteiger partial charge < -0.3 is 20.0 Å². The van der Waals surface area contributed by atoms with E-state index in [4.69, 9.17) is 9.72 Å². The lowest BCUT2D eigenvalue weighted by Crippen LogP contribution is -2.12. The van der Waals surface area contributed by atoms with Crippen LogP contribution in [0, 0.1) is 0 Å². The first-order chi connectivity index (χ1) is 14.7. The summed E-state index contributed by atoms with van der Waals surface area (Å²) in [5.41, 5.74) is 6.10. The van der Waals surface area contributed by atoms with Crippen molar-refractivity contribution in [1.82, 2.24) is 19.9 Å².